The summed E-state index contributed by atoms with van der Waals surface area (Å²) in [6.45, 7) is 1.98. The zero-order valence-corrected chi connectivity index (χ0v) is 12.7. The van der Waals surface area contributed by atoms with E-state index in [1.54, 1.807) is 20.3 Å². The van der Waals surface area contributed by atoms with E-state index >= 15 is 0 Å². The van der Waals surface area contributed by atoms with Crippen LogP contribution in [0, 0.1) is 12.8 Å². The van der Waals surface area contributed by atoms with Crippen molar-refractivity contribution in [1.29, 1.82) is 0 Å². The smallest absolute Gasteiger partial charge is 0.317 e. The van der Waals surface area contributed by atoms with E-state index < -0.39 is 0 Å². The van der Waals surface area contributed by atoms with Gasteiger partial charge in [-0.2, -0.15) is 0 Å². The predicted molar refractivity (Wildman–Crippen MR) is 79.7 cm³/mol. The highest BCUT2D eigenvalue weighted by molar-refractivity contribution is 5.84. The molecule has 1 aliphatic rings. The van der Waals surface area contributed by atoms with Gasteiger partial charge in [0.2, 0.25) is 5.91 Å². The molecule has 1 fully saturated rings. The van der Waals surface area contributed by atoms with Crippen LogP contribution in [0.2, 0.25) is 0 Å². The number of aryl methyl sites for hydroxylation is 1. The van der Waals surface area contributed by atoms with Crippen LogP contribution in [0.5, 0.6) is 0 Å². The molecular formula is C15H22N4O2. The molecule has 1 aromatic rings. The number of urea groups is 1. The number of carbonyl (C=O) groups excluding carboxylic acids is 2. The van der Waals surface area contributed by atoms with Crippen molar-refractivity contribution in [3.05, 3.63) is 29.6 Å². The Morgan fingerprint density at radius 3 is 2.71 bits per heavy atom. The maximum atomic E-state index is 12.0. The zero-order chi connectivity index (χ0) is 15.4. The second-order valence-electron chi connectivity index (χ2n) is 5.64. The molecule has 0 aromatic carbocycles. The fourth-order valence-corrected chi connectivity index (χ4v) is 2.20. The first-order valence-electron chi connectivity index (χ1n) is 7.15. The van der Waals surface area contributed by atoms with Crippen LogP contribution in [0.3, 0.4) is 0 Å². The van der Waals surface area contributed by atoms with Crippen LogP contribution in [0.4, 0.5) is 4.79 Å². The molecule has 2 N–H and O–H groups in total. The molecule has 1 saturated carbocycles. The molecule has 1 heterocycles. The van der Waals surface area contributed by atoms with Gasteiger partial charge in [0.05, 0.1) is 18.3 Å². The molecule has 0 radical (unpaired) electrons. The van der Waals surface area contributed by atoms with Crippen molar-refractivity contribution in [2.75, 3.05) is 20.6 Å². The first-order valence-corrected chi connectivity index (χ1v) is 7.15. The molecule has 0 bridgehead atoms. The summed E-state index contributed by atoms with van der Waals surface area (Å²) in [5.74, 6) is 0.263. The van der Waals surface area contributed by atoms with E-state index in [9.17, 15) is 9.59 Å². The summed E-state index contributed by atoms with van der Waals surface area (Å²) in [5, 5.41) is 5.56. The van der Waals surface area contributed by atoms with E-state index in [0.717, 1.165) is 24.1 Å². The molecule has 2 rings (SSSR count). The van der Waals surface area contributed by atoms with Gasteiger partial charge in [0.15, 0.2) is 0 Å². The van der Waals surface area contributed by atoms with Crippen molar-refractivity contribution in [1.82, 2.24) is 20.5 Å². The van der Waals surface area contributed by atoms with Gasteiger partial charge in [0.1, 0.15) is 0 Å². The van der Waals surface area contributed by atoms with Crippen LogP contribution < -0.4 is 10.6 Å². The fraction of sp³-hybridized carbons (Fsp3) is 0.533. The van der Waals surface area contributed by atoms with Gasteiger partial charge < -0.3 is 15.5 Å². The van der Waals surface area contributed by atoms with Gasteiger partial charge in [0.25, 0.3) is 0 Å². The SMILES string of the molecule is Cc1cccnc1[C@@H](NC(=O)CNC(=O)N(C)C)C1CC1. The second-order valence-corrected chi connectivity index (χ2v) is 5.64. The maximum absolute atomic E-state index is 12.0. The fourth-order valence-electron chi connectivity index (χ4n) is 2.20. The highest BCUT2D eigenvalue weighted by atomic mass is 16.2. The highest BCUT2D eigenvalue weighted by Gasteiger charge is 2.35. The lowest BCUT2D eigenvalue weighted by molar-refractivity contribution is -0.121. The van der Waals surface area contributed by atoms with Crippen LogP contribution in [-0.2, 0) is 4.79 Å². The van der Waals surface area contributed by atoms with E-state index in [0.29, 0.717) is 5.92 Å². The Morgan fingerprint density at radius 1 is 1.43 bits per heavy atom. The van der Waals surface area contributed by atoms with Crippen molar-refractivity contribution in [2.45, 2.75) is 25.8 Å². The van der Waals surface area contributed by atoms with E-state index in [2.05, 4.69) is 15.6 Å². The Balaban J connectivity index is 1.96. The molecular weight excluding hydrogens is 268 g/mol. The third-order valence-electron chi connectivity index (χ3n) is 3.56. The van der Waals surface area contributed by atoms with Crippen molar-refractivity contribution >= 4 is 11.9 Å². The molecule has 0 aliphatic heterocycles. The van der Waals surface area contributed by atoms with E-state index in [4.69, 9.17) is 0 Å². The minimum Gasteiger partial charge on any atom is -0.346 e. The summed E-state index contributed by atoms with van der Waals surface area (Å²) in [7, 11) is 3.27. The molecule has 6 heteroatoms. The average molecular weight is 290 g/mol. The van der Waals surface area contributed by atoms with Crippen molar-refractivity contribution in [3.63, 3.8) is 0 Å². The number of hydrogen-bond donors (Lipinski definition) is 2. The summed E-state index contributed by atoms with van der Waals surface area (Å²) in [4.78, 5) is 29.3. The van der Waals surface area contributed by atoms with E-state index in [1.807, 2.05) is 19.1 Å². The molecule has 6 nitrogen and oxygen atoms in total. The number of nitrogens with zero attached hydrogens (tertiary/aromatic N) is 2. The third kappa shape index (κ3) is 4.18. The Hall–Kier alpha value is -2.11. The summed E-state index contributed by atoms with van der Waals surface area (Å²) in [6.07, 6.45) is 3.95. The van der Waals surface area contributed by atoms with Crippen LogP contribution in [0.1, 0.15) is 30.1 Å². The first-order chi connectivity index (χ1) is 9.99. The maximum Gasteiger partial charge on any atom is 0.317 e. The summed E-state index contributed by atoms with van der Waals surface area (Å²) >= 11 is 0. The molecule has 0 unspecified atom stereocenters. The number of amides is 3. The topological polar surface area (TPSA) is 74.3 Å². The normalized spacial score (nSPS) is 15.2. The van der Waals surface area contributed by atoms with Gasteiger partial charge in [-0.25, -0.2) is 4.79 Å². The lowest BCUT2D eigenvalue weighted by Gasteiger charge is -2.20. The Bertz CT molecular complexity index is 526. The van der Waals surface area contributed by atoms with E-state index in [-0.39, 0.29) is 24.5 Å². The van der Waals surface area contributed by atoms with Gasteiger partial charge in [0, 0.05) is 20.3 Å². The van der Waals surface area contributed by atoms with Crippen LogP contribution in [0.15, 0.2) is 18.3 Å². The number of rotatable bonds is 5. The van der Waals surface area contributed by atoms with Crippen molar-refractivity contribution < 1.29 is 9.59 Å². The zero-order valence-electron chi connectivity index (χ0n) is 12.7. The molecule has 0 spiro atoms. The number of aromatic nitrogens is 1. The lowest BCUT2D eigenvalue weighted by atomic mass is 10.0. The first kappa shape index (κ1) is 15.3. The lowest BCUT2D eigenvalue weighted by Crippen LogP contribution is -2.43. The van der Waals surface area contributed by atoms with Crippen LogP contribution in [0.25, 0.3) is 0 Å². The highest BCUT2D eigenvalue weighted by Crippen LogP contribution is 2.41. The number of pyridine rings is 1. The minimum absolute atomic E-state index is 0.0217. The van der Waals surface area contributed by atoms with Gasteiger partial charge in [-0.05, 0) is 37.3 Å². The number of hydrogen-bond acceptors (Lipinski definition) is 3. The predicted octanol–water partition coefficient (Wildman–Crippen LogP) is 1.23. The molecule has 1 aliphatic carbocycles. The number of carbonyl (C=O) groups is 2. The Labute approximate surface area is 124 Å². The standard InChI is InChI=1S/C15H22N4O2/c1-10-5-4-8-16-13(10)14(11-6-7-11)18-12(20)9-17-15(21)19(2)3/h4-5,8,11,14H,6-7,9H2,1-3H3,(H,17,21)(H,18,20)/t14-/m0/s1. The molecule has 0 saturated heterocycles. The van der Waals surface area contributed by atoms with Gasteiger partial charge >= 0.3 is 6.03 Å². The third-order valence-corrected chi connectivity index (χ3v) is 3.56. The summed E-state index contributed by atoms with van der Waals surface area (Å²) in [5.41, 5.74) is 2.00. The molecule has 1 atom stereocenters. The Kier molecular flexibility index (Phi) is 4.77. The summed E-state index contributed by atoms with van der Waals surface area (Å²) in [6, 6.07) is 3.55. The van der Waals surface area contributed by atoms with Gasteiger partial charge in [-0.15, -0.1) is 0 Å². The van der Waals surface area contributed by atoms with Gasteiger partial charge in [-0.3, -0.25) is 9.78 Å². The monoisotopic (exact) mass is 290 g/mol. The summed E-state index contributed by atoms with van der Waals surface area (Å²) < 4.78 is 0. The van der Waals surface area contributed by atoms with Crippen molar-refractivity contribution in [3.8, 4) is 0 Å². The minimum atomic E-state index is -0.276. The molecule has 1 aromatic heterocycles. The second kappa shape index (κ2) is 6.56. The molecule has 3 amide bonds. The largest absolute Gasteiger partial charge is 0.346 e. The van der Waals surface area contributed by atoms with Gasteiger partial charge in [-0.1, -0.05) is 6.07 Å². The Morgan fingerprint density at radius 2 is 2.14 bits per heavy atom. The van der Waals surface area contributed by atoms with E-state index in [1.165, 1.54) is 4.90 Å². The average Bonchev–Trinajstić information content (AvgIpc) is 3.27. The molecule has 21 heavy (non-hydrogen) atoms. The molecule has 114 valence electrons. The van der Waals surface area contributed by atoms with Crippen LogP contribution in [-0.4, -0.2) is 42.5 Å². The van der Waals surface area contributed by atoms with Crippen LogP contribution >= 0.6 is 0 Å². The number of nitrogens with one attached hydrogen (secondary N) is 2. The quantitative estimate of drug-likeness (QED) is 0.856. The van der Waals surface area contributed by atoms with Crippen molar-refractivity contribution in [2.24, 2.45) is 5.92 Å².